The highest BCUT2D eigenvalue weighted by molar-refractivity contribution is 7.80. The zero-order chi connectivity index (χ0) is 16.8. The topological polar surface area (TPSA) is 62.3 Å². The summed E-state index contributed by atoms with van der Waals surface area (Å²) in [5, 5.41) is 6.86. The largest absolute Gasteiger partial charge is 0.383 e. The Bertz CT molecular complexity index is 535. The second-order valence-electron chi connectivity index (χ2n) is 6.10. The lowest BCUT2D eigenvalue weighted by Crippen LogP contribution is -2.39. The molecule has 8 heteroatoms. The lowest BCUT2D eigenvalue weighted by Gasteiger charge is -2.35. The lowest BCUT2D eigenvalue weighted by atomic mass is 9.92. The number of nitrogens with zero attached hydrogens (tertiary/aromatic N) is 3. The number of piperidine rings is 1. The van der Waals surface area contributed by atoms with Gasteiger partial charge in [0.05, 0.1) is 6.61 Å². The first-order chi connectivity index (χ1) is 11.0. The number of methoxy groups -OCH3 is 1. The number of ether oxygens (including phenoxy) is 1. The third kappa shape index (κ3) is 5.75. The van der Waals surface area contributed by atoms with Crippen molar-refractivity contribution in [2.75, 3.05) is 43.6 Å². The van der Waals surface area contributed by atoms with Crippen LogP contribution in [0.1, 0.15) is 20.3 Å². The summed E-state index contributed by atoms with van der Waals surface area (Å²) in [6.07, 6.45) is 1.24. The molecule has 6 nitrogen and oxygen atoms in total. The number of hydrogen-bond acceptors (Lipinski definition) is 5. The molecule has 2 atom stereocenters. The van der Waals surface area contributed by atoms with Gasteiger partial charge in [0.1, 0.15) is 11.0 Å². The van der Waals surface area contributed by atoms with Crippen LogP contribution in [0.4, 0.5) is 11.8 Å². The minimum Gasteiger partial charge on any atom is -0.383 e. The average Bonchev–Trinajstić information content (AvgIpc) is 2.46. The summed E-state index contributed by atoms with van der Waals surface area (Å²) in [6, 6.07) is 1.80. The van der Waals surface area contributed by atoms with Crippen molar-refractivity contribution in [3.05, 3.63) is 11.2 Å². The number of thiocarbonyl (C=S) groups is 1. The van der Waals surface area contributed by atoms with E-state index in [1.54, 1.807) is 13.2 Å². The van der Waals surface area contributed by atoms with Crippen molar-refractivity contribution in [3.63, 3.8) is 0 Å². The molecule has 0 aromatic carbocycles. The van der Waals surface area contributed by atoms with Crippen LogP contribution >= 0.6 is 23.8 Å². The van der Waals surface area contributed by atoms with Crippen molar-refractivity contribution in [3.8, 4) is 0 Å². The predicted molar refractivity (Wildman–Crippen MR) is 98.3 cm³/mol. The van der Waals surface area contributed by atoms with Gasteiger partial charge in [-0.2, -0.15) is 4.98 Å². The zero-order valence-corrected chi connectivity index (χ0v) is 15.4. The first-order valence-electron chi connectivity index (χ1n) is 7.81. The van der Waals surface area contributed by atoms with Crippen molar-refractivity contribution in [2.24, 2.45) is 11.8 Å². The fourth-order valence-electron chi connectivity index (χ4n) is 2.89. The van der Waals surface area contributed by atoms with Crippen molar-refractivity contribution in [1.82, 2.24) is 15.3 Å². The SMILES string of the molecule is COCCNC(=S)Nc1nc(Cl)cc(N2C[C@H](C)C[C@H](C)C2)n1. The Labute approximate surface area is 148 Å². The summed E-state index contributed by atoms with van der Waals surface area (Å²) in [7, 11) is 1.64. The Morgan fingerprint density at radius 1 is 1.39 bits per heavy atom. The normalized spacial score (nSPS) is 21.1. The van der Waals surface area contributed by atoms with Gasteiger partial charge in [0.2, 0.25) is 5.95 Å². The van der Waals surface area contributed by atoms with Gasteiger partial charge in [0.15, 0.2) is 5.11 Å². The Hall–Kier alpha value is -1.18. The average molecular weight is 358 g/mol. The molecule has 1 aliphatic rings. The first-order valence-corrected chi connectivity index (χ1v) is 8.60. The van der Waals surface area contributed by atoms with Crippen molar-refractivity contribution in [1.29, 1.82) is 0 Å². The molecule has 128 valence electrons. The Morgan fingerprint density at radius 3 is 2.74 bits per heavy atom. The second-order valence-corrected chi connectivity index (χ2v) is 6.89. The lowest BCUT2D eigenvalue weighted by molar-refractivity contribution is 0.204. The van der Waals surface area contributed by atoms with Gasteiger partial charge in [-0.3, -0.25) is 0 Å². The fraction of sp³-hybridized carbons (Fsp3) is 0.667. The predicted octanol–water partition coefficient (Wildman–Crippen LogP) is 2.55. The van der Waals surface area contributed by atoms with E-state index in [2.05, 4.69) is 39.3 Å². The number of nitrogens with one attached hydrogen (secondary N) is 2. The van der Waals surface area contributed by atoms with Crippen LogP contribution in [-0.4, -0.2) is 48.4 Å². The summed E-state index contributed by atoms with van der Waals surface area (Å²) in [5.41, 5.74) is 0. The van der Waals surface area contributed by atoms with E-state index >= 15 is 0 Å². The summed E-state index contributed by atoms with van der Waals surface area (Å²) in [6.45, 7) is 7.68. The van der Waals surface area contributed by atoms with Gasteiger partial charge in [-0.05, 0) is 30.5 Å². The monoisotopic (exact) mass is 357 g/mol. The van der Waals surface area contributed by atoms with E-state index in [0.29, 0.717) is 41.2 Å². The molecule has 2 heterocycles. The van der Waals surface area contributed by atoms with Crippen molar-refractivity contribution < 1.29 is 4.74 Å². The third-order valence-corrected chi connectivity index (χ3v) is 4.13. The van der Waals surface area contributed by atoms with Gasteiger partial charge in [-0.1, -0.05) is 25.4 Å². The van der Waals surface area contributed by atoms with E-state index in [9.17, 15) is 0 Å². The standard InChI is InChI=1S/C15H24ClN5OS/c1-10-6-11(2)9-21(8-10)13-7-12(16)18-14(19-13)20-15(23)17-4-5-22-3/h7,10-11H,4-6,8-9H2,1-3H3,(H2,17,18,19,20,23)/t10-,11+. The van der Waals surface area contributed by atoms with Crippen LogP contribution in [0.25, 0.3) is 0 Å². The van der Waals surface area contributed by atoms with Crippen molar-refractivity contribution >= 4 is 40.7 Å². The van der Waals surface area contributed by atoms with Crippen LogP contribution < -0.4 is 15.5 Å². The molecule has 2 rings (SSSR count). The van der Waals surface area contributed by atoms with Crippen molar-refractivity contribution in [2.45, 2.75) is 20.3 Å². The van der Waals surface area contributed by atoms with Crippen LogP contribution in [0.15, 0.2) is 6.07 Å². The highest BCUT2D eigenvalue weighted by atomic mass is 35.5. The van der Waals surface area contributed by atoms with Gasteiger partial charge >= 0.3 is 0 Å². The highest BCUT2D eigenvalue weighted by Gasteiger charge is 2.23. The second kappa shape index (κ2) is 8.61. The molecule has 1 aliphatic heterocycles. The molecule has 0 unspecified atom stereocenters. The van der Waals surface area contributed by atoms with Gasteiger partial charge < -0.3 is 20.3 Å². The molecule has 1 aromatic rings. The number of halogens is 1. The third-order valence-electron chi connectivity index (χ3n) is 3.69. The zero-order valence-electron chi connectivity index (χ0n) is 13.8. The van der Waals surface area contributed by atoms with Crippen LogP contribution in [-0.2, 0) is 4.74 Å². The smallest absolute Gasteiger partial charge is 0.232 e. The number of hydrogen-bond donors (Lipinski definition) is 2. The molecule has 23 heavy (non-hydrogen) atoms. The summed E-state index contributed by atoms with van der Waals surface area (Å²) in [5.74, 6) is 2.53. The molecule has 1 fully saturated rings. The van der Waals surface area contributed by atoms with Gasteiger partial charge in [-0.25, -0.2) is 4.98 Å². The highest BCUT2D eigenvalue weighted by Crippen LogP contribution is 2.26. The number of anilines is 2. The fourth-order valence-corrected chi connectivity index (χ4v) is 3.26. The van der Waals surface area contributed by atoms with E-state index < -0.39 is 0 Å². The summed E-state index contributed by atoms with van der Waals surface area (Å²) < 4.78 is 4.97. The minimum atomic E-state index is 0.406. The number of aromatic nitrogens is 2. The molecule has 2 N–H and O–H groups in total. The van der Waals surface area contributed by atoms with Crippen LogP contribution in [0.5, 0.6) is 0 Å². The molecular formula is C15H24ClN5OS. The minimum absolute atomic E-state index is 0.406. The van der Waals surface area contributed by atoms with Gasteiger partial charge in [-0.15, -0.1) is 0 Å². The quantitative estimate of drug-likeness (QED) is 0.477. The van der Waals surface area contributed by atoms with Crippen LogP contribution in [0, 0.1) is 11.8 Å². The molecular weight excluding hydrogens is 334 g/mol. The van der Waals surface area contributed by atoms with Crippen LogP contribution in [0.3, 0.4) is 0 Å². The molecule has 1 saturated heterocycles. The molecule has 0 saturated carbocycles. The summed E-state index contributed by atoms with van der Waals surface area (Å²) >= 11 is 11.4. The van der Waals surface area contributed by atoms with Gasteiger partial charge in [0.25, 0.3) is 0 Å². The maximum atomic E-state index is 6.15. The maximum absolute atomic E-state index is 6.15. The van der Waals surface area contributed by atoms with E-state index in [1.165, 1.54) is 6.42 Å². The Kier molecular flexibility index (Phi) is 6.80. The molecule has 0 aliphatic carbocycles. The molecule has 0 amide bonds. The molecule has 0 radical (unpaired) electrons. The van der Waals surface area contributed by atoms with E-state index in [-0.39, 0.29) is 0 Å². The number of rotatable bonds is 5. The Morgan fingerprint density at radius 2 is 2.09 bits per heavy atom. The summed E-state index contributed by atoms with van der Waals surface area (Å²) in [4.78, 5) is 11.0. The van der Waals surface area contributed by atoms with E-state index in [4.69, 9.17) is 28.6 Å². The molecule has 0 bridgehead atoms. The maximum Gasteiger partial charge on any atom is 0.232 e. The van der Waals surface area contributed by atoms with E-state index in [1.807, 2.05) is 0 Å². The molecule has 1 aromatic heterocycles. The first kappa shape index (κ1) is 18.2. The Balaban J connectivity index is 2.05. The van der Waals surface area contributed by atoms with Crippen LogP contribution in [0.2, 0.25) is 5.15 Å². The van der Waals surface area contributed by atoms with Gasteiger partial charge in [0, 0.05) is 32.8 Å². The molecule has 0 spiro atoms. The van der Waals surface area contributed by atoms with E-state index in [0.717, 1.165) is 18.9 Å².